The number of piperazine rings is 1. The minimum Gasteiger partial charge on any atom is -0.462 e. The molecule has 0 saturated carbocycles. The van der Waals surface area contributed by atoms with Crippen LogP contribution in [-0.4, -0.2) is 76.7 Å². The zero-order valence-corrected chi connectivity index (χ0v) is 18.7. The van der Waals surface area contributed by atoms with Crippen LogP contribution in [0.3, 0.4) is 0 Å². The Balaban J connectivity index is 1.29. The molecule has 4 rings (SSSR count). The van der Waals surface area contributed by atoms with Gasteiger partial charge >= 0.3 is 5.97 Å². The SMILES string of the molecule is CCOC(=O)c1sc2ncnc(NCCCN3CCN(c4ncccn4)CC3)c2c1C. The number of aromatic nitrogens is 4. The van der Waals surface area contributed by atoms with Crippen LogP contribution < -0.4 is 10.2 Å². The molecule has 3 aromatic heterocycles. The highest BCUT2D eigenvalue weighted by Crippen LogP contribution is 2.33. The van der Waals surface area contributed by atoms with Crippen molar-refractivity contribution in [1.29, 1.82) is 0 Å². The highest BCUT2D eigenvalue weighted by molar-refractivity contribution is 7.20. The van der Waals surface area contributed by atoms with E-state index in [0.29, 0.717) is 11.5 Å². The summed E-state index contributed by atoms with van der Waals surface area (Å²) in [6, 6.07) is 1.84. The Morgan fingerprint density at radius 1 is 1.16 bits per heavy atom. The number of nitrogens with zero attached hydrogens (tertiary/aromatic N) is 6. The van der Waals surface area contributed by atoms with Crippen molar-refractivity contribution in [3.8, 4) is 0 Å². The summed E-state index contributed by atoms with van der Waals surface area (Å²) in [5, 5.41) is 4.34. The predicted octanol–water partition coefficient (Wildman–Crippen LogP) is 2.59. The van der Waals surface area contributed by atoms with E-state index in [1.165, 1.54) is 11.3 Å². The van der Waals surface area contributed by atoms with Crippen LogP contribution in [-0.2, 0) is 4.74 Å². The first-order valence-electron chi connectivity index (χ1n) is 10.6. The average molecular weight is 442 g/mol. The van der Waals surface area contributed by atoms with Gasteiger partial charge in [0.2, 0.25) is 5.95 Å². The van der Waals surface area contributed by atoms with Gasteiger partial charge in [0, 0.05) is 45.1 Å². The van der Waals surface area contributed by atoms with Crippen molar-refractivity contribution in [2.75, 3.05) is 56.1 Å². The molecule has 0 radical (unpaired) electrons. The van der Waals surface area contributed by atoms with Gasteiger partial charge in [-0.05, 0) is 38.4 Å². The van der Waals surface area contributed by atoms with Crippen molar-refractivity contribution in [3.63, 3.8) is 0 Å². The molecule has 0 aliphatic carbocycles. The van der Waals surface area contributed by atoms with Crippen LogP contribution in [0.1, 0.15) is 28.6 Å². The summed E-state index contributed by atoms with van der Waals surface area (Å²) in [6.07, 6.45) is 6.12. The number of hydrogen-bond acceptors (Lipinski definition) is 10. The lowest BCUT2D eigenvalue weighted by Gasteiger charge is -2.34. The van der Waals surface area contributed by atoms with Gasteiger partial charge in [0.15, 0.2) is 0 Å². The summed E-state index contributed by atoms with van der Waals surface area (Å²) in [7, 11) is 0. The Labute approximate surface area is 185 Å². The first-order valence-corrected chi connectivity index (χ1v) is 11.4. The van der Waals surface area contributed by atoms with Crippen LogP contribution >= 0.6 is 11.3 Å². The van der Waals surface area contributed by atoms with Crippen molar-refractivity contribution >= 4 is 39.3 Å². The summed E-state index contributed by atoms with van der Waals surface area (Å²) < 4.78 is 5.17. The van der Waals surface area contributed by atoms with Crippen LogP contribution in [0.15, 0.2) is 24.8 Å². The zero-order valence-electron chi connectivity index (χ0n) is 17.9. The fourth-order valence-corrected chi connectivity index (χ4v) is 4.77. The predicted molar refractivity (Wildman–Crippen MR) is 122 cm³/mol. The molecule has 1 aliphatic rings. The molecule has 10 heteroatoms. The third-order valence-electron chi connectivity index (χ3n) is 5.34. The van der Waals surface area contributed by atoms with Crippen LogP contribution in [0.25, 0.3) is 10.2 Å². The van der Waals surface area contributed by atoms with Gasteiger partial charge in [-0.2, -0.15) is 0 Å². The number of anilines is 2. The third-order valence-corrected chi connectivity index (χ3v) is 6.52. The van der Waals surface area contributed by atoms with E-state index in [-0.39, 0.29) is 5.97 Å². The minimum atomic E-state index is -0.297. The van der Waals surface area contributed by atoms with E-state index in [1.807, 2.05) is 19.9 Å². The first kappa shape index (κ1) is 21.4. The van der Waals surface area contributed by atoms with Gasteiger partial charge in [0.25, 0.3) is 0 Å². The maximum Gasteiger partial charge on any atom is 0.348 e. The first-order chi connectivity index (χ1) is 15.2. The van der Waals surface area contributed by atoms with Gasteiger partial charge in [-0.25, -0.2) is 24.7 Å². The molecule has 1 fully saturated rings. The maximum absolute atomic E-state index is 12.2. The molecular weight excluding hydrogens is 414 g/mol. The molecule has 9 nitrogen and oxygen atoms in total. The molecule has 1 aliphatic heterocycles. The normalized spacial score (nSPS) is 14.7. The fraction of sp³-hybridized carbons (Fsp3) is 0.476. The van der Waals surface area contributed by atoms with E-state index in [4.69, 9.17) is 4.74 Å². The molecular formula is C21H27N7O2S. The van der Waals surface area contributed by atoms with Crippen LogP contribution in [0.2, 0.25) is 0 Å². The molecule has 0 bridgehead atoms. The van der Waals surface area contributed by atoms with Crippen molar-refractivity contribution in [1.82, 2.24) is 24.8 Å². The topological polar surface area (TPSA) is 96.4 Å². The van der Waals surface area contributed by atoms with Crippen molar-refractivity contribution in [3.05, 3.63) is 35.2 Å². The monoisotopic (exact) mass is 441 g/mol. The van der Waals surface area contributed by atoms with Crippen LogP contribution in [0.4, 0.5) is 11.8 Å². The lowest BCUT2D eigenvalue weighted by atomic mass is 10.2. The number of thiophene rings is 1. The van der Waals surface area contributed by atoms with Gasteiger partial charge < -0.3 is 15.0 Å². The number of carbonyl (C=O) groups is 1. The van der Waals surface area contributed by atoms with Crippen LogP contribution in [0, 0.1) is 6.92 Å². The Bertz CT molecular complexity index is 1020. The second-order valence-corrected chi connectivity index (χ2v) is 8.34. The number of nitrogens with one attached hydrogen (secondary N) is 1. The third kappa shape index (κ3) is 4.91. The molecule has 4 heterocycles. The van der Waals surface area contributed by atoms with E-state index >= 15 is 0 Å². The summed E-state index contributed by atoms with van der Waals surface area (Å²) in [5.74, 6) is 1.29. The smallest absolute Gasteiger partial charge is 0.348 e. The molecule has 0 atom stereocenters. The summed E-state index contributed by atoms with van der Waals surface area (Å²) in [6.45, 7) is 9.79. The van der Waals surface area contributed by atoms with E-state index in [0.717, 1.165) is 73.2 Å². The maximum atomic E-state index is 12.2. The molecule has 3 aromatic rings. The largest absolute Gasteiger partial charge is 0.462 e. The quantitative estimate of drug-likeness (QED) is 0.418. The van der Waals surface area contributed by atoms with E-state index in [9.17, 15) is 4.79 Å². The highest BCUT2D eigenvalue weighted by atomic mass is 32.1. The second-order valence-electron chi connectivity index (χ2n) is 7.34. The number of carbonyl (C=O) groups excluding carboxylic acids is 1. The second kappa shape index (κ2) is 9.97. The Morgan fingerprint density at radius 3 is 2.68 bits per heavy atom. The molecule has 0 unspecified atom stereocenters. The Morgan fingerprint density at radius 2 is 1.94 bits per heavy atom. The molecule has 1 N–H and O–H groups in total. The zero-order chi connectivity index (χ0) is 21.6. The van der Waals surface area contributed by atoms with E-state index in [2.05, 4.69) is 35.1 Å². The number of esters is 1. The van der Waals surface area contributed by atoms with Gasteiger partial charge in [0.1, 0.15) is 21.9 Å². The molecule has 0 aromatic carbocycles. The molecule has 31 heavy (non-hydrogen) atoms. The standard InChI is InChI=1S/C21H27N7O2S/c1-3-30-20(29)17-15(2)16-18(25-14-26-19(16)31-17)22-8-5-9-27-10-12-28(13-11-27)21-23-6-4-7-24-21/h4,6-7,14H,3,5,8-13H2,1-2H3,(H,22,25,26). The van der Waals surface area contributed by atoms with Crippen molar-refractivity contribution in [2.24, 2.45) is 0 Å². The number of hydrogen-bond donors (Lipinski definition) is 1. The summed E-state index contributed by atoms with van der Waals surface area (Å²) in [5.41, 5.74) is 0.876. The Kier molecular flexibility index (Phi) is 6.88. The number of aryl methyl sites for hydroxylation is 1. The number of fused-ring (bicyclic) bond motifs is 1. The number of rotatable bonds is 8. The lowest BCUT2D eigenvalue weighted by Crippen LogP contribution is -2.47. The number of ether oxygens (including phenoxy) is 1. The van der Waals surface area contributed by atoms with Gasteiger partial charge in [0.05, 0.1) is 12.0 Å². The molecule has 0 spiro atoms. The summed E-state index contributed by atoms with van der Waals surface area (Å²) in [4.78, 5) is 35.7. The highest BCUT2D eigenvalue weighted by Gasteiger charge is 2.21. The van der Waals surface area contributed by atoms with Gasteiger partial charge in [-0.1, -0.05) is 0 Å². The van der Waals surface area contributed by atoms with Crippen molar-refractivity contribution in [2.45, 2.75) is 20.3 Å². The van der Waals surface area contributed by atoms with Crippen molar-refractivity contribution < 1.29 is 9.53 Å². The Hall–Kier alpha value is -2.85. The van der Waals surface area contributed by atoms with Crippen LogP contribution in [0.5, 0.6) is 0 Å². The average Bonchev–Trinajstić information content (AvgIpc) is 3.15. The van der Waals surface area contributed by atoms with Gasteiger partial charge in [-0.15, -0.1) is 11.3 Å². The van der Waals surface area contributed by atoms with E-state index < -0.39 is 0 Å². The minimum absolute atomic E-state index is 0.297. The molecule has 164 valence electrons. The summed E-state index contributed by atoms with van der Waals surface area (Å²) >= 11 is 1.36. The fourth-order valence-electron chi connectivity index (χ4n) is 3.73. The van der Waals surface area contributed by atoms with E-state index in [1.54, 1.807) is 18.7 Å². The molecule has 1 saturated heterocycles. The van der Waals surface area contributed by atoms with Gasteiger partial charge in [-0.3, -0.25) is 4.90 Å². The lowest BCUT2D eigenvalue weighted by molar-refractivity contribution is 0.0531. The molecule has 0 amide bonds.